The Morgan fingerprint density at radius 3 is 1.80 bits per heavy atom. The van der Waals surface area contributed by atoms with Gasteiger partial charge in [-0.05, 0) is 98.2 Å². The molecule has 11 rings (SSSR count). The third-order valence-corrected chi connectivity index (χ3v) is 11.3. The number of para-hydroxylation sites is 3. The van der Waals surface area contributed by atoms with E-state index in [1.807, 2.05) is 0 Å². The summed E-state index contributed by atoms with van der Waals surface area (Å²) in [6.45, 7) is 0. The van der Waals surface area contributed by atoms with Gasteiger partial charge in [0.25, 0.3) is 0 Å². The van der Waals surface area contributed by atoms with Crippen LogP contribution in [0.15, 0.2) is 218 Å². The van der Waals surface area contributed by atoms with Crippen LogP contribution in [0.1, 0.15) is 0 Å². The molecule has 0 unspecified atom stereocenters. The third-order valence-electron chi connectivity index (χ3n) is 11.3. The minimum Gasteiger partial charge on any atom is -0.310 e. The van der Waals surface area contributed by atoms with Gasteiger partial charge in [0.05, 0.1) is 16.7 Å². The molecule has 0 radical (unpaired) electrons. The van der Waals surface area contributed by atoms with Gasteiger partial charge in [0, 0.05) is 38.8 Å². The van der Waals surface area contributed by atoms with Crippen LogP contribution in [0.5, 0.6) is 0 Å². The van der Waals surface area contributed by atoms with E-state index >= 15 is 0 Å². The molecule has 0 fully saturated rings. The lowest BCUT2D eigenvalue weighted by molar-refractivity contribution is 1.19. The first-order valence-corrected chi connectivity index (χ1v) is 19.3. The van der Waals surface area contributed by atoms with E-state index in [0.29, 0.717) is 0 Å². The number of anilines is 3. The largest absolute Gasteiger partial charge is 0.310 e. The normalized spacial score (nSPS) is 11.6. The van der Waals surface area contributed by atoms with E-state index in [-0.39, 0.29) is 0 Å². The molecule has 11 aromatic rings. The number of benzene rings is 10. The van der Waals surface area contributed by atoms with Gasteiger partial charge in [0.2, 0.25) is 0 Å². The Bertz CT molecular complexity index is 3250. The quantitative estimate of drug-likeness (QED) is 0.156. The molecule has 0 atom stereocenters. The summed E-state index contributed by atoms with van der Waals surface area (Å²) in [5, 5.41) is 9.94. The Labute approximate surface area is 325 Å². The molecule has 0 bridgehead atoms. The molecule has 0 saturated carbocycles. The van der Waals surface area contributed by atoms with Gasteiger partial charge < -0.3 is 9.47 Å². The molecule has 2 nitrogen and oxygen atoms in total. The van der Waals surface area contributed by atoms with E-state index in [1.54, 1.807) is 0 Å². The van der Waals surface area contributed by atoms with Crippen molar-refractivity contribution in [2.24, 2.45) is 0 Å². The molecule has 0 amide bonds. The fourth-order valence-electron chi connectivity index (χ4n) is 8.82. The molecule has 262 valence electrons. The first-order valence-electron chi connectivity index (χ1n) is 19.3. The zero-order valence-electron chi connectivity index (χ0n) is 30.7. The van der Waals surface area contributed by atoms with Crippen LogP contribution < -0.4 is 4.90 Å². The Morgan fingerprint density at radius 2 is 0.946 bits per heavy atom. The smallest absolute Gasteiger partial charge is 0.0625 e. The molecular formula is C54H36N2. The lowest BCUT2D eigenvalue weighted by Gasteiger charge is -2.29. The van der Waals surface area contributed by atoms with E-state index < -0.39 is 0 Å². The molecular weight excluding hydrogens is 677 g/mol. The number of hydrogen-bond acceptors (Lipinski definition) is 1. The van der Waals surface area contributed by atoms with Crippen molar-refractivity contribution in [2.45, 2.75) is 0 Å². The first-order chi connectivity index (χ1) is 27.8. The molecule has 1 aromatic heterocycles. The molecule has 0 aliphatic carbocycles. The zero-order chi connectivity index (χ0) is 37.0. The SMILES string of the molecule is c1ccc(-c2ccccc2N(c2cccc(-c3cc4ccccc4c4c3c3ccccc3n4-c3ccccc3)c2)c2ccc3c(ccc4ccccc43)c2)cc1. The highest BCUT2D eigenvalue weighted by Crippen LogP contribution is 2.46. The molecule has 0 saturated heterocycles. The maximum absolute atomic E-state index is 2.45. The van der Waals surface area contributed by atoms with Crippen molar-refractivity contribution in [2.75, 3.05) is 4.90 Å². The molecule has 0 N–H and O–H groups in total. The Balaban J connectivity index is 1.18. The average Bonchev–Trinajstić information content (AvgIpc) is 3.63. The van der Waals surface area contributed by atoms with E-state index in [9.17, 15) is 0 Å². The summed E-state index contributed by atoms with van der Waals surface area (Å²) in [5.41, 5.74) is 11.7. The van der Waals surface area contributed by atoms with Crippen molar-refractivity contribution in [3.8, 4) is 27.9 Å². The van der Waals surface area contributed by atoms with Gasteiger partial charge in [-0.2, -0.15) is 0 Å². The first kappa shape index (κ1) is 32.0. The van der Waals surface area contributed by atoms with Gasteiger partial charge in [-0.15, -0.1) is 0 Å². The zero-order valence-corrected chi connectivity index (χ0v) is 30.7. The highest BCUT2D eigenvalue weighted by Gasteiger charge is 2.22. The van der Waals surface area contributed by atoms with Gasteiger partial charge in [-0.25, -0.2) is 0 Å². The number of fused-ring (bicyclic) bond motifs is 8. The van der Waals surface area contributed by atoms with Gasteiger partial charge in [0.15, 0.2) is 0 Å². The molecule has 1 heterocycles. The highest BCUT2D eigenvalue weighted by atomic mass is 15.1. The second kappa shape index (κ2) is 13.2. The summed E-state index contributed by atoms with van der Waals surface area (Å²) in [4.78, 5) is 2.44. The second-order valence-electron chi connectivity index (χ2n) is 14.5. The minimum atomic E-state index is 1.10. The van der Waals surface area contributed by atoms with Crippen molar-refractivity contribution in [3.05, 3.63) is 218 Å². The maximum atomic E-state index is 2.45. The Hall–Kier alpha value is -7.42. The van der Waals surface area contributed by atoms with Gasteiger partial charge >= 0.3 is 0 Å². The standard InChI is InChI=1S/C54H36N2/c1-3-16-37(17-4-1)47-25-11-13-28-51(47)55(44-32-33-46-41(35-44)31-30-38-18-7-9-24-45(38)46)43-23-15-20-39(34-43)50-36-40-19-8-10-26-48(40)54-53(50)49-27-12-14-29-52(49)56(54)42-21-5-2-6-22-42/h1-36H. The maximum Gasteiger partial charge on any atom is 0.0625 e. The molecule has 2 heteroatoms. The van der Waals surface area contributed by atoms with Crippen LogP contribution in [-0.4, -0.2) is 4.57 Å². The van der Waals surface area contributed by atoms with Crippen LogP contribution in [-0.2, 0) is 0 Å². The molecule has 0 aliphatic rings. The van der Waals surface area contributed by atoms with Crippen molar-refractivity contribution in [3.63, 3.8) is 0 Å². The molecule has 0 aliphatic heterocycles. The van der Waals surface area contributed by atoms with Gasteiger partial charge in [0.1, 0.15) is 0 Å². The van der Waals surface area contributed by atoms with Crippen LogP contribution >= 0.6 is 0 Å². The molecule has 56 heavy (non-hydrogen) atoms. The number of rotatable bonds is 6. The lowest BCUT2D eigenvalue weighted by atomic mass is 9.94. The summed E-state index contributed by atoms with van der Waals surface area (Å²) >= 11 is 0. The number of nitrogens with zero attached hydrogens (tertiary/aromatic N) is 2. The summed E-state index contributed by atoms with van der Waals surface area (Å²) in [5.74, 6) is 0. The van der Waals surface area contributed by atoms with Crippen LogP contribution in [0.2, 0.25) is 0 Å². The fraction of sp³-hybridized carbons (Fsp3) is 0. The van der Waals surface area contributed by atoms with Crippen LogP contribution in [0.4, 0.5) is 17.1 Å². The van der Waals surface area contributed by atoms with E-state index in [4.69, 9.17) is 0 Å². The van der Waals surface area contributed by atoms with Crippen molar-refractivity contribution in [1.29, 1.82) is 0 Å². The minimum absolute atomic E-state index is 1.10. The number of hydrogen-bond donors (Lipinski definition) is 0. The topological polar surface area (TPSA) is 8.17 Å². The predicted octanol–water partition coefficient (Wildman–Crippen LogP) is 15.0. The Morgan fingerprint density at radius 1 is 0.339 bits per heavy atom. The van der Waals surface area contributed by atoms with Crippen LogP contribution in [0.25, 0.3) is 82.1 Å². The van der Waals surface area contributed by atoms with Crippen molar-refractivity contribution in [1.82, 2.24) is 4.57 Å². The molecule has 0 spiro atoms. The lowest BCUT2D eigenvalue weighted by Crippen LogP contribution is -2.11. The summed E-state index contributed by atoms with van der Waals surface area (Å²) < 4.78 is 2.45. The van der Waals surface area contributed by atoms with Crippen molar-refractivity contribution < 1.29 is 0 Å². The Kier molecular flexibility index (Phi) is 7.53. The van der Waals surface area contributed by atoms with Crippen molar-refractivity contribution >= 4 is 71.2 Å². The summed E-state index contributed by atoms with van der Waals surface area (Å²) in [6, 6.07) is 79.5. The summed E-state index contributed by atoms with van der Waals surface area (Å²) in [6.07, 6.45) is 0. The monoisotopic (exact) mass is 712 g/mol. The second-order valence-corrected chi connectivity index (χ2v) is 14.5. The van der Waals surface area contributed by atoms with E-state index in [2.05, 4.69) is 228 Å². The van der Waals surface area contributed by atoms with Crippen LogP contribution in [0.3, 0.4) is 0 Å². The van der Waals surface area contributed by atoms with E-state index in [1.165, 1.54) is 76.4 Å². The fourth-order valence-corrected chi connectivity index (χ4v) is 8.82. The highest BCUT2D eigenvalue weighted by molar-refractivity contribution is 6.24. The summed E-state index contributed by atoms with van der Waals surface area (Å²) in [7, 11) is 0. The molecule has 10 aromatic carbocycles. The van der Waals surface area contributed by atoms with Gasteiger partial charge in [-0.3, -0.25) is 0 Å². The predicted molar refractivity (Wildman–Crippen MR) is 239 cm³/mol. The van der Waals surface area contributed by atoms with Gasteiger partial charge in [-0.1, -0.05) is 164 Å². The third kappa shape index (κ3) is 5.19. The van der Waals surface area contributed by atoms with E-state index in [0.717, 1.165) is 22.7 Å². The average molecular weight is 713 g/mol. The number of aromatic nitrogens is 1. The van der Waals surface area contributed by atoms with Crippen LogP contribution in [0, 0.1) is 0 Å².